The largest absolute Gasteiger partial charge is 0.393 e. The number of hydrogen-bond acceptors (Lipinski definition) is 4. The summed E-state index contributed by atoms with van der Waals surface area (Å²) >= 11 is 0. The fraction of sp³-hybridized carbons (Fsp3) is 0.438. The maximum atomic E-state index is 12.8. The van der Waals surface area contributed by atoms with Gasteiger partial charge in [0.15, 0.2) is 0 Å². The number of nitrogens with one attached hydrogen (secondary N) is 1. The van der Waals surface area contributed by atoms with Gasteiger partial charge in [-0.15, -0.1) is 0 Å². The molecule has 1 aromatic heterocycles. The number of rotatable bonds is 5. The van der Waals surface area contributed by atoms with E-state index >= 15 is 0 Å². The van der Waals surface area contributed by atoms with E-state index in [1.54, 1.807) is 43.0 Å². The summed E-state index contributed by atoms with van der Waals surface area (Å²) in [5, 5.41) is 13.7. The molecule has 0 saturated heterocycles. The third-order valence-corrected chi connectivity index (χ3v) is 5.97. The molecule has 1 saturated carbocycles. The van der Waals surface area contributed by atoms with Crippen LogP contribution in [0.15, 0.2) is 41.6 Å². The van der Waals surface area contributed by atoms with Crippen LogP contribution in [-0.2, 0) is 17.1 Å². The third kappa shape index (κ3) is 3.31. The van der Waals surface area contributed by atoms with Gasteiger partial charge in [0.05, 0.1) is 23.2 Å². The highest BCUT2D eigenvalue weighted by molar-refractivity contribution is 7.89. The van der Waals surface area contributed by atoms with Gasteiger partial charge < -0.3 is 5.11 Å². The Labute approximate surface area is 136 Å². The lowest BCUT2D eigenvalue weighted by atomic mass is 9.76. The molecule has 0 bridgehead atoms. The van der Waals surface area contributed by atoms with Crippen molar-refractivity contribution in [2.75, 3.05) is 0 Å². The van der Waals surface area contributed by atoms with Gasteiger partial charge >= 0.3 is 0 Å². The Hall–Kier alpha value is -1.70. The molecule has 0 aliphatic heterocycles. The molecule has 6 nitrogen and oxygen atoms in total. The molecule has 0 amide bonds. The van der Waals surface area contributed by atoms with Crippen molar-refractivity contribution in [1.29, 1.82) is 0 Å². The molecular weight excluding hydrogens is 314 g/mol. The molecule has 1 aliphatic carbocycles. The maximum Gasteiger partial charge on any atom is 0.241 e. The van der Waals surface area contributed by atoms with Crippen molar-refractivity contribution in [1.82, 2.24) is 14.5 Å². The minimum absolute atomic E-state index is 0.0768. The smallest absolute Gasteiger partial charge is 0.241 e. The Morgan fingerprint density at radius 3 is 2.61 bits per heavy atom. The van der Waals surface area contributed by atoms with Gasteiger partial charge in [0, 0.05) is 18.8 Å². The van der Waals surface area contributed by atoms with E-state index in [1.165, 1.54) is 0 Å². The molecule has 1 aliphatic rings. The van der Waals surface area contributed by atoms with Crippen molar-refractivity contribution in [2.45, 2.75) is 36.8 Å². The van der Waals surface area contributed by atoms with E-state index in [2.05, 4.69) is 9.82 Å². The van der Waals surface area contributed by atoms with Crippen molar-refractivity contribution >= 4 is 10.0 Å². The van der Waals surface area contributed by atoms with Gasteiger partial charge in [-0.1, -0.05) is 18.2 Å². The van der Waals surface area contributed by atoms with E-state index in [0.717, 1.165) is 5.56 Å². The molecular formula is C16H21N3O3S. The highest BCUT2D eigenvalue weighted by Gasteiger charge is 2.37. The standard InChI is InChI=1S/C16H21N3O3S/c1-11-5-3-4-6-15(11)23(21,22)18-16(12-7-14(20)8-12)13-9-17-19(2)10-13/h3-6,9-10,12,14,16,18,20H,7-8H2,1-2H3/t12?,14?,16-/m1/s1. The van der Waals surface area contributed by atoms with E-state index < -0.39 is 10.0 Å². The minimum Gasteiger partial charge on any atom is -0.393 e. The molecule has 0 unspecified atom stereocenters. The zero-order valence-corrected chi connectivity index (χ0v) is 14.0. The van der Waals surface area contributed by atoms with Gasteiger partial charge in [-0.2, -0.15) is 5.10 Å². The SMILES string of the molecule is Cc1ccccc1S(=O)(=O)N[C@@H](c1cnn(C)c1)C1CC(O)C1. The first kappa shape index (κ1) is 16.2. The molecule has 0 radical (unpaired) electrons. The van der Waals surface area contributed by atoms with E-state index in [4.69, 9.17) is 0 Å². The average molecular weight is 335 g/mol. The average Bonchev–Trinajstić information content (AvgIpc) is 2.88. The second-order valence-electron chi connectivity index (χ2n) is 6.20. The van der Waals surface area contributed by atoms with Gasteiger partial charge in [-0.3, -0.25) is 4.68 Å². The minimum atomic E-state index is -3.64. The number of hydrogen-bond donors (Lipinski definition) is 2. The predicted molar refractivity (Wildman–Crippen MR) is 86.2 cm³/mol. The number of aryl methyl sites for hydroxylation is 2. The second-order valence-corrected chi connectivity index (χ2v) is 7.88. The Balaban J connectivity index is 1.90. The lowest BCUT2D eigenvalue weighted by molar-refractivity contribution is 0.0280. The Kier molecular flexibility index (Phi) is 4.27. The van der Waals surface area contributed by atoms with Crippen molar-refractivity contribution in [3.05, 3.63) is 47.8 Å². The molecule has 1 aromatic carbocycles. The van der Waals surface area contributed by atoms with Crippen molar-refractivity contribution in [3.63, 3.8) is 0 Å². The van der Waals surface area contributed by atoms with Gasteiger partial charge in [0.2, 0.25) is 10.0 Å². The summed E-state index contributed by atoms with van der Waals surface area (Å²) < 4.78 is 30.0. The highest BCUT2D eigenvalue weighted by atomic mass is 32.2. The van der Waals surface area contributed by atoms with Crippen LogP contribution < -0.4 is 4.72 Å². The van der Waals surface area contributed by atoms with E-state index in [1.807, 2.05) is 12.3 Å². The van der Waals surface area contributed by atoms with Crippen LogP contribution in [0.3, 0.4) is 0 Å². The molecule has 23 heavy (non-hydrogen) atoms. The quantitative estimate of drug-likeness (QED) is 0.868. The number of sulfonamides is 1. The van der Waals surface area contributed by atoms with Crippen LogP contribution in [0.5, 0.6) is 0 Å². The molecule has 1 heterocycles. The topological polar surface area (TPSA) is 84.2 Å². The van der Waals surface area contributed by atoms with Gasteiger partial charge in [-0.05, 0) is 37.3 Å². The number of nitrogens with zero attached hydrogens (tertiary/aromatic N) is 2. The Morgan fingerprint density at radius 1 is 1.35 bits per heavy atom. The third-order valence-electron chi connectivity index (χ3n) is 4.37. The summed E-state index contributed by atoms with van der Waals surface area (Å²) in [5.74, 6) is 0.0768. The monoisotopic (exact) mass is 335 g/mol. The van der Waals surface area contributed by atoms with Gasteiger partial charge in [-0.25, -0.2) is 13.1 Å². The van der Waals surface area contributed by atoms with E-state index in [9.17, 15) is 13.5 Å². The molecule has 124 valence electrons. The van der Waals surface area contributed by atoms with Crippen LogP contribution >= 0.6 is 0 Å². The van der Waals surface area contributed by atoms with Crippen LogP contribution in [0.4, 0.5) is 0 Å². The normalized spacial score (nSPS) is 22.6. The molecule has 1 atom stereocenters. The molecule has 3 rings (SSSR count). The number of aliphatic hydroxyl groups excluding tert-OH is 1. The summed E-state index contributed by atoms with van der Waals surface area (Å²) in [6.07, 6.45) is 4.33. The Morgan fingerprint density at radius 2 is 2.04 bits per heavy atom. The van der Waals surface area contributed by atoms with Crippen LogP contribution in [0.25, 0.3) is 0 Å². The van der Waals surface area contributed by atoms with Crippen LogP contribution in [0.2, 0.25) is 0 Å². The van der Waals surface area contributed by atoms with Crippen molar-refractivity contribution in [3.8, 4) is 0 Å². The maximum absolute atomic E-state index is 12.8. The Bertz CT molecular complexity index is 794. The lowest BCUT2D eigenvalue weighted by Gasteiger charge is -2.37. The van der Waals surface area contributed by atoms with Crippen molar-refractivity contribution in [2.24, 2.45) is 13.0 Å². The zero-order chi connectivity index (χ0) is 16.6. The van der Waals surface area contributed by atoms with Crippen LogP contribution in [-0.4, -0.2) is 29.4 Å². The van der Waals surface area contributed by atoms with E-state index in [0.29, 0.717) is 18.4 Å². The molecule has 1 fully saturated rings. The first-order valence-corrected chi connectivity index (χ1v) is 9.09. The summed E-state index contributed by atoms with van der Waals surface area (Å²) in [6.45, 7) is 1.78. The lowest BCUT2D eigenvalue weighted by Crippen LogP contribution is -2.41. The fourth-order valence-corrected chi connectivity index (χ4v) is 4.57. The summed E-state index contributed by atoms with van der Waals surface area (Å²) in [6, 6.07) is 6.54. The molecule has 2 aromatic rings. The highest BCUT2D eigenvalue weighted by Crippen LogP contribution is 2.38. The second kappa shape index (κ2) is 6.07. The van der Waals surface area contributed by atoms with Crippen LogP contribution in [0.1, 0.15) is 30.0 Å². The van der Waals surface area contributed by atoms with Crippen molar-refractivity contribution < 1.29 is 13.5 Å². The number of benzene rings is 1. The predicted octanol–water partition coefficient (Wildman–Crippen LogP) is 1.52. The first-order valence-electron chi connectivity index (χ1n) is 7.61. The summed E-state index contributed by atoms with van der Waals surface area (Å²) in [4.78, 5) is 0.286. The molecule has 2 N–H and O–H groups in total. The summed E-state index contributed by atoms with van der Waals surface area (Å²) in [5.41, 5.74) is 1.53. The van der Waals surface area contributed by atoms with E-state index in [-0.39, 0.29) is 23.0 Å². The number of aliphatic hydroxyl groups is 1. The first-order chi connectivity index (χ1) is 10.9. The van der Waals surface area contributed by atoms with Gasteiger partial charge in [0.25, 0.3) is 0 Å². The zero-order valence-electron chi connectivity index (χ0n) is 13.2. The number of aromatic nitrogens is 2. The summed E-state index contributed by atoms with van der Waals surface area (Å²) in [7, 11) is -1.84. The molecule has 7 heteroatoms. The fourth-order valence-electron chi connectivity index (χ4n) is 3.03. The van der Waals surface area contributed by atoms with Gasteiger partial charge in [0.1, 0.15) is 0 Å². The van der Waals surface area contributed by atoms with Crippen LogP contribution in [0, 0.1) is 12.8 Å². The molecule has 0 spiro atoms.